The summed E-state index contributed by atoms with van der Waals surface area (Å²) in [5, 5.41) is 9.43. The molecule has 4 heterocycles. The molecule has 230 valence electrons. The number of likely N-dealkylation sites (N-methyl/N-ethyl adjacent to an activating group) is 1. The van der Waals surface area contributed by atoms with Crippen LogP contribution in [0.5, 0.6) is 11.8 Å². The quantitative estimate of drug-likeness (QED) is 0.331. The largest absolute Gasteiger partial charge is 0.573 e. The smallest absolute Gasteiger partial charge is 0.462 e. The Kier molecular flexibility index (Phi) is 8.91. The Morgan fingerprint density at radius 1 is 1.19 bits per heavy atom. The van der Waals surface area contributed by atoms with Gasteiger partial charge in [0.15, 0.2) is 5.75 Å². The minimum Gasteiger partial charge on any atom is -0.462 e. The van der Waals surface area contributed by atoms with E-state index in [0.29, 0.717) is 44.2 Å². The molecule has 14 heteroatoms. The summed E-state index contributed by atoms with van der Waals surface area (Å²) in [6, 6.07) is 4.99. The van der Waals surface area contributed by atoms with Gasteiger partial charge in [0.1, 0.15) is 18.2 Å². The molecule has 10 nitrogen and oxygen atoms in total. The summed E-state index contributed by atoms with van der Waals surface area (Å²) < 4.78 is 63.9. The fourth-order valence-corrected chi connectivity index (χ4v) is 5.96. The number of nitrogens with zero attached hydrogens (tertiary/aromatic N) is 7. The van der Waals surface area contributed by atoms with Gasteiger partial charge in [-0.1, -0.05) is 6.58 Å². The lowest BCUT2D eigenvalue weighted by molar-refractivity contribution is -0.274. The number of hydrogen-bond acceptors (Lipinski definition) is 9. The van der Waals surface area contributed by atoms with Gasteiger partial charge in [-0.05, 0) is 51.1 Å². The summed E-state index contributed by atoms with van der Waals surface area (Å²) in [5.41, 5.74) is 1.29. The molecule has 0 spiro atoms. The summed E-state index contributed by atoms with van der Waals surface area (Å²) in [5.74, 6) is -0.857. The van der Waals surface area contributed by atoms with E-state index in [-0.39, 0.29) is 49.2 Å². The maximum Gasteiger partial charge on any atom is 0.573 e. The Morgan fingerprint density at radius 3 is 2.70 bits per heavy atom. The molecule has 3 aliphatic rings. The van der Waals surface area contributed by atoms with Crippen LogP contribution < -0.4 is 19.3 Å². The lowest BCUT2D eigenvalue weighted by Gasteiger charge is -2.42. The first-order chi connectivity index (χ1) is 20.6. The molecule has 0 saturated carbocycles. The number of ether oxygens (including phenoxy) is 2. The van der Waals surface area contributed by atoms with Crippen LogP contribution in [0.3, 0.4) is 0 Å². The average Bonchev–Trinajstić information content (AvgIpc) is 3.39. The first kappa shape index (κ1) is 30.3. The number of alkyl halides is 3. The Balaban J connectivity index is 1.47. The molecule has 0 N–H and O–H groups in total. The number of halogens is 4. The molecule has 0 radical (unpaired) electrons. The summed E-state index contributed by atoms with van der Waals surface area (Å²) in [4.78, 5) is 29.3. The predicted octanol–water partition coefficient (Wildman–Crippen LogP) is 3.67. The van der Waals surface area contributed by atoms with E-state index in [4.69, 9.17) is 9.72 Å². The van der Waals surface area contributed by atoms with E-state index in [1.165, 1.54) is 6.08 Å². The van der Waals surface area contributed by atoms with E-state index in [1.807, 2.05) is 11.9 Å². The predicted molar refractivity (Wildman–Crippen MR) is 149 cm³/mol. The molecule has 0 bridgehead atoms. The third-order valence-corrected chi connectivity index (χ3v) is 8.15. The van der Waals surface area contributed by atoms with Gasteiger partial charge in [-0.2, -0.15) is 15.2 Å². The molecular formula is C29H33F4N7O3. The highest BCUT2D eigenvalue weighted by Crippen LogP contribution is 2.38. The lowest BCUT2D eigenvalue weighted by Crippen LogP contribution is -2.55. The summed E-state index contributed by atoms with van der Waals surface area (Å²) in [7, 11) is 2.02. The standard InChI is InChI=1S/C29H33F4N7O3/c1-3-26(41)40-14-13-39(16-20(40)8-10-34)27-22-9-12-38(24-15-19(30)6-7-25(24)43-29(31,32)33)17-23(22)35-28(36-27)42-18-21-5-4-11-37(21)2/h3,6-7,15,20-21H,1,4-5,8-9,11-14,16-18H2,2H3/t20?,21-/m0/s1. The van der Waals surface area contributed by atoms with Crippen molar-refractivity contribution in [1.82, 2.24) is 19.8 Å². The number of carbonyl (C=O) groups is 1. The van der Waals surface area contributed by atoms with Gasteiger partial charge in [-0.25, -0.2) is 4.39 Å². The number of amides is 1. The molecule has 1 unspecified atom stereocenters. The molecule has 2 fully saturated rings. The van der Waals surface area contributed by atoms with E-state index in [9.17, 15) is 27.6 Å². The zero-order chi connectivity index (χ0) is 30.7. The molecule has 1 aromatic carbocycles. The van der Waals surface area contributed by atoms with Gasteiger partial charge >= 0.3 is 12.4 Å². The number of benzene rings is 1. The highest BCUT2D eigenvalue weighted by atomic mass is 19.4. The van der Waals surface area contributed by atoms with E-state index in [2.05, 4.69) is 27.3 Å². The number of rotatable bonds is 8. The number of aromatic nitrogens is 2. The first-order valence-corrected chi connectivity index (χ1v) is 14.1. The Bertz CT molecular complexity index is 1400. The first-order valence-electron chi connectivity index (χ1n) is 14.1. The van der Waals surface area contributed by atoms with Crippen LogP contribution in [0.1, 0.15) is 30.5 Å². The second kappa shape index (κ2) is 12.6. The monoisotopic (exact) mass is 603 g/mol. The highest BCUT2D eigenvalue weighted by Gasteiger charge is 2.36. The van der Waals surface area contributed by atoms with Gasteiger partial charge in [0.25, 0.3) is 0 Å². The number of carbonyl (C=O) groups excluding carboxylic acids is 1. The third-order valence-electron chi connectivity index (χ3n) is 8.15. The van der Waals surface area contributed by atoms with E-state index in [1.54, 1.807) is 9.80 Å². The number of piperazine rings is 1. The molecule has 2 atom stereocenters. The van der Waals surface area contributed by atoms with Crippen molar-refractivity contribution in [2.75, 3.05) is 56.2 Å². The van der Waals surface area contributed by atoms with E-state index < -0.39 is 17.9 Å². The molecular weight excluding hydrogens is 570 g/mol. The molecule has 1 amide bonds. The van der Waals surface area contributed by atoms with Gasteiger partial charge in [0, 0.05) is 43.9 Å². The van der Waals surface area contributed by atoms with Crippen LogP contribution in [-0.2, 0) is 17.8 Å². The molecule has 3 aliphatic heterocycles. The van der Waals surface area contributed by atoms with Crippen molar-refractivity contribution in [2.45, 2.75) is 50.7 Å². The number of nitriles is 1. The van der Waals surface area contributed by atoms with Crippen molar-refractivity contribution in [3.63, 3.8) is 0 Å². The summed E-state index contributed by atoms with van der Waals surface area (Å²) >= 11 is 0. The van der Waals surface area contributed by atoms with Gasteiger partial charge in [0.2, 0.25) is 5.91 Å². The minimum absolute atomic E-state index is 0.0381. The van der Waals surface area contributed by atoms with Crippen molar-refractivity contribution in [1.29, 1.82) is 5.26 Å². The molecule has 0 aliphatic carbocycles. The second-order valence-corrected chi connectivity index (χ2v) is 10.9. The summed E-state index contributed by atoms with van der Waals surface area (Å²) in [6.45, 7) is 6.36. The average molecular weight is 604 g/mol. The maximum absolute atomic E-state index is 14.2. The fourth-order valence-electron chi connectivity index (χ4n) is 5.96. The van der Waals surface area contributed by atoms with Crippen LogP contribution in [0.15, 0.2) is 30.9 Å². The Morgan fingerprint density at radius 2 is 2.00 bits per heavy atom. The van der Waals surface area contributed by atoms with Crippen LogP contribution in [0.2, 0.25) is 0 Å². The Hall–Kier alpha value is -4.12. The van der Waals surface area contributed by atoms with E-state index in [0.717, 1.165) is 43.1 Å². The van der Waals surface area contributed by atoms with Crippen molar-refractivity contribution >= 4 is 17.4 Å². The second-order valence-electron chi connectivity index (χ2n) is 10.9. The zero-order valence-corrected chi connectivity index (χ0v) is 23.8. The van der Waals surface area contributed by atoms with Gasteiger partial charge in [0.05, 0.1) is 36.5 Å². The topological polar surface area (TPSA) is 98.1 Å². The van der Waals surface area contributed by atoms with Crippen molar-refractivity contribution in [3.8, 4) is 17.8 Å². The summed E-state index contributed by atoms with van der Waals surface area (Å²) in [6.07, 6.45) is -1.21. The van der Waals surface area contributed by atoms with Gasteiger partial charge < -0.3 is 29.1 Å². The number of hydrogen-bond donors (Lipinski definition) is 0. The molecule has 43 heavy (non-hydrogen) atoms. The van der Waals surface area contributed by atoms with Gasteiger partial charge in [-0.3, -0.25) is 4.79 Å². The third kappa shape index (κ3) is 6.93. The highest BCUT2D eigenvalue weighted by molar-refractivity contribution is 5.87. The molecule has 2 saturated heterocycles. The minimum atomic E-state index is -4.95. The van der Waals surface area contributed by atoms with Crippen LogP contribution in [0, 0.1) is 17.1 Å². The SMILES string of the molecule is C=CC(=O)N1CCN(c2nc(OC[C@@H]3CCCN3C)nc3c2CCN(c2cc(F)ccc2OC(F)(F)F)C3)CC1CC#N. The Labute approximate surface area is 247 Å². The van der Waals surface area contributed by atoms with Crippen molar-refractivity contribution in [2.24, 2.45) is 0 Å². The normalized spacial score (nSPS) is 20.9. The van der Waals surface area contributed by atoms with Crippen LogP contribution in [0.25, 0.3) is 0 Å². The lowest BCUT2D eigenvalue weighted by atomic mass is 10.0. The van der Waals surface area contributed by atoms with Crippen LogP contribution >= 0.6 is 0 Å². The van der Waals surface area contributed by atoms with E-state index >= 15 is 0 Å². The molecule has 5 rings (SSSR count). The number of fused-ring (bicyclic) bond motifs is 1. The van der Waals surface area contributed by atoms with Crippen molar-refractivity contribution < 1.29 is 31.8 Å². The van der Waals surface area contributed by atoms with Crippen LogP contribution in [-0.4, -0.2) is 90.5 Å². The molecule has 1 aromatic heterocycles. The number of anilines is 2. The number of likely N-dealkylation sites (tertiary alicyclic amines) is 1. The van der Waals surface area contributed by atoms with Gasteiger partial charge in [-0.15, -0.1) is 13.2 Å². The fraction of sp³-hybridized carbons (Fsp3) is 0.517. The zero-order valence-electron chi connectivity index (χ0n) is 23.8. The maximum atomic E-state index is 14.2. The van der Waals surface area contributed by atoms with Crippen LogP contribution in [0.4, 0.5) is 29.1 Å². The molecule has 2 aromatic rings. The van der Waals surface area contributed by atoms with Crippen molar-refractivity contribution in [3.05, 3.63) is 47.9 Å².